The highest BCUT2D eigenvalue weighted by atomic mass is 19.1. The molecule has 4 rings (SSSR count). The Labute approximate surface area is 185 Å². The van der Waals surface area contributed by atoms with Crippen LogP contribution in [-0.4, -0.2) is 33.7 Å². The first-order valence-electron chi connectivity index (χ1n) is 10.6. The van der Waals surface area contributed by atoms with Gasteiger partial charge in [0.2, 0.25) is 0 Å². The maximum atomic E-state index is 13.2. The standard InChI is InChI=1S/C25H25FN2O4/c1-17-23(29)22(15-28(24(17)30)32-16-18-5-3-2-4-6-18)25(31)27-13-11-20(12-14-27)19-7-9-21(26)10-8-19/h2-10,15,20,29H,11-14,16H2,1H3. The van der Waals surface area contributed by atoms with Crippen LogP contribution in [-0.2, 0) is 6.61 Å². The number of hydrogen-bond donors (Lipinski definition) is 1. The number of piperidine rings is 1. The molecule has 6 nitrogen and oxygen atoms in total. The number of aromatic hydroxyl groups is 1. The number of carbonyl (C=O) groups is 1. The largest absolute Gasteiger partial charge is 0.507 e. The van der Waals surface area contributed by atoms with Crippen LogP contribution in [0.5, 0.6) is 5.75 Å². The van der Waals surface area contributed by atoms with Crippen molar-refractivity contribution in [2.24, 2.45) is 0 Å². The summed E-state index contributed by atoms with van der Waals surface area (Å²) in [6.45, 7) is 2.63. The first kappa shape index (κ1) is 21.6. The Morgan fingerprint density at radius 3 is 2.41 bits per heavy atom. The molecule has 1 saturated heterocycles. The second-order valence-corrected chi connectivity index (χ2v) is 8.02. The lowest BCUT2D eigenvalue weighted by Crippen LogP contribution is -2.39. The first-order valence-corrected chi connectivity index (χ1v) is 10.6. The fourth-order valence-electron chi connectivity index (χ4n) is 4.00. The second kappa shape index (κ2) is 9.26. The van der Waals surface area contributed by atoms with E-state index >= 15 is 0 Å². The average Bonchev–Trinajstić information content (AvgIpc) is 2.83. The van der Waals surface area contributed by atoms with Gasteiger partial charge in [0.05, 0.1) is 11.8 Å². The van der Waals surface area contributed by atoms with E-state index in [4.69, 9.17) is 4.84 Å². The summed E-state index contributed by atoms with van der Waals surface area (Å²) >= 11 is 0. The molecule has 1 aromatic heterocycles. The van der Waals surface area contributed by atoms with Gasteiger partial charge in [0, 0.05) is 13.1 Å². The minimum atomic E-state index is -0.509. The van der Waals surface area contributed by atoms with Gasteiger partial charge < -0.3 is 14.8 Å². The molecule has 0 radical (unpaired) electrons. The Kier molecular flexibility index (Phi) is 6.25. The zero-order valence-corrected chi connectivity index (χ0v) is 17.8. The summed E-state index contributed by atoms with van der Waals surface area (Å²) < 4.78 is 14.2. The van der Waals surface area contributed by atoms with Crippen LogP contribution < -0.4 is 10.4 Å². The van der Waals surface area contributed by atoms with E-state index in [0.717, 1.165) is 28.7 Å². The number of rotatable bonds is 5. The highest BCUT2D eigenvalue weighted by molar-refractivity contribution is 5.97. The molecule has 0 atom stereocenters. The fourth-order valence-corrected chi connectivity index (χ4v) is 4.00. The van der Waals surface area contributed by atoms with Crippen LogP contribution in [0.1, 0.15) is 45.8 Å². The number of benzene rings is 2. The van der Waals surface area contributed by atoms with Crippen LogP contribution in [0, 0.1) is 12.7 Å². The molecule has 2 heterocycles. The molecule has 1 fully saturated rings. The van der Waals surface area contributed by atoms with Crippen LogP contribution in [0.2, 0.25) is 0 Å². The van der Waals surface area contributed by atoms with Gasteiger partial charge in [0.15, 0.2) is 0 Å². The van der Waals surface area contributed by atoms with Gasteiger partial charge in [-0.15, -0.1) is 0 Å². The molecule has 1 amide bonds. The molecule has 1 aliphatic heterocycles. The minimum Gasteiger partial charge on any atom is -0.507 e. The smallest absolute Gasteiger partial charge is 0.289 e. The molecule has 7 heteroatoms. The molecule has 0 spiro atoms. The van der Waals surface area contributed by atoms with Gasteiger partial charge >= 0.3 is 0 Å². The van der Waals surface area contributed by atoms with Crippen molar-refractivity contribution < 1.29 is 19.1 Å². The van der Waals surface area contributed by atoms with Crippen LogP contribution in [0.3, 0.4) is 0 Å². The van der Waals surface area contributed by atoms with Crippen molar-refractivity contribution in [3.05, 3.63) is 99.2 Å². The zero-order chi connectivity index (χ0) is 22.7. The molecule has 0 aliphatic carbocycles. The number of likely N-dealkylation sites (tertiary alicyclic amines) is 1. The van der Waals surface area contributed by atoms with E-state index < -0.39 is 5.56 Å². The van der Waals surface area contributed by atoms with E-state index in [1.165, 1.54) is 25.3 Å². The van der Waals surface area contributed by atoms with Crippen molar-refractivity contribution >= 4 is 5.91 Å². The zero-order valence-electron chi connectivity index (χ0n) is 17.8. The number of carbonyl (C=O) groups excluding carboxylic acids is 1. The van der Waals surface area contributed by atoms with Crippen molar-refractivity contribution in [3.63, 3.8) is 0 Å². The summed E-state index contributed by atoms with van der Waals surface area (Å²) in [7, 11) is 0. The molecule has 1 N–H and O–H groups in total. The van der Waals surface area contributed by atoms with Crippen LogP contribution in [0.25, 0.3) is 0 Å². The Morgan fingerprint density at radius 1 is 1.09 bits per heavy atom. The predicted octanol–water partition coefficient (Wildman–Crippen LogP) is 3.65. The molecule has 2 aromatic carbocycles. The summed E-state index contributed by atoms with van der Waals surface area (Å²) in [4.78, 5) is 32.9. The van der Waals surface area contributed by atoms with Gasteiger partial charge in [-0.1, -0.05) is 42.5 Å². The summed E-state index contributed by atoms with van der Waals surface area (Å²) in [5.74, 6) is -0.685. The van der Waals surface area contributed by atoms with E-state index in [1.807, 2.05) is 30.3 Å². The topological polar surface area (TPSA) is 71.8 Å². The Morgan fingerprint density at radius 2 is 1.75 bits per heavy atom. The number of halogens is 1. The third-order valence-electron chi connectivity index (χ3n) is 5.94. The lowest BCUT2D eigenvalue weighted by atomic mass is 9.89. The molecule has 166 valence electrons. The first-order chi connectivity index (χ1) is 15.4. The van der Waals surface area contributed by atoms with Crippen LogP contribution in [0.15, 0.2) is 65.6 Å². The summed E-state index contributed by atoms with van der Waals surface area (Å²) in [5, 5.41) is 10.5. The average molecular weight is 436 g/mol. The summed E-state index contributed by atoms with van der Waals surface area (Å²) in [5.41, 5.74) is 1.52. The quantitative estimate of drug-likeness (QED) is 0.663. The van der Waals surface area contributed by atoms with Gasteiger partial charge in [-0.2, -0.15) is 4.73 Å². The number of nitrogens with zero attached hydrogens (tertiary/aromatic N) is 2. The molecule has 0 bridgehead atoms. The molecule has 0 unspecified atom stereocenters. The second-order valence-electron chi connectivity index (χ2n) is 8.02. The number of aromatic nitrogens is 1. The van der Waals surface area contributed by atoms with Crippen molar-refractivity contribution in [2.45, 2.75) is 32.3 Å². The number of pyridine rings is 1. The van der Waals surface area contributed by atoms with Crippen molar-refractivity contribution in [2.75, 3.05) is 13.1 Å². The van der Waals surface area contributed by atoms with Gasteiger partial charge in [0.1, 0.15) is 23.7 Å². The van der Waals surface area contributed by atoms with Gasteiger partial charge in [-0.25, -0.2) is 4.39 Å². The van der Waals surface area contributed by atoms with E-state index in [2.05, 4.69) is 0 Å². The third-order valence-corrected chi connectivity index (χ3v) is 5.94. The molecule has 1 aliphatic rings. The SMILES string of the molecule is Cc1c(O)c(C(=O)N2CCC(c3ccc(F)cc3)CC2)cn(OCc2ccccc2)c1=O. The van der Waals surface area contributed by atoms with Gasteiger partial charge in [-0.05, 0) is 48.9 Å². The lowest BCUT2D eigenvalue weighted by Gasteiger charge is -2.32. The Balaban J connectivity index is 1.49. The fraction of sp³-hybridized carbons (Fsp3) is 0.280. The van der Waals surface area contributed by atoms with E-state index in [0.29, 0.717) is 13.1 Å². The van der Waals surface area contributed by atoms with Crippen LogP contribution in [0.4, 0.5) is 4.39 Å². The van der Waals surface area contributed by atoms with Crippen molar-refractivity contribution in [3.8, 4) is 5.75 Å². The molecular formula is C25H25FN2O4. The maximum absolute atomic E-state index is 13.2. The highest BCUT2D eigenvalue weighted by Crippen LogP contribution is 2.30. The summed E-state index contributed by atoms with van der Waals surface area (Å²) in [6.07, 6.45) is 2.74. The predicted molar refractivity (Wildman–Crippen MR) is 118 cm³/mol. The minimum absolute atomic E-state index is 0.0374. The molecule has 0 saturated carbocycles. The third kappa shape index (κ3) is 4.51. The maximum Gasteiger partial charge on any atom is 0.289 e. The van der Waals surface area contributed by atoms with Crippen LogP contribution >= 0.6 is 0 Å². The lowest BCUT2D eigenvalue weighted by molar-refractivity contribution is 0.0683. The Bertz CT molecular complexity index is 1150. The molecule has 3 aromatic rings. The number of amides is 1. The molecular weight excluding hydrogens is 411 g/mol. The monoisotopic (exact) mass is 436 g/mol. The van der Waals surface area contributed by atoms with E-state index in [-0.39, 0.29) is 41.1 Å². The van der Waals surface area contributed by atoms with E-state index in [1.54, 1.807) is 17.0 Å². The normalized spacial score (nSPS) is 14.4. The van der Waals surface area contributed by atoms with Crippen molar-refractivity contribution in [1.29, 1.82) is 0 Å². The highest BCUT2D eigenvalue weighted by Gasteiger charge is 2.28. The summed E-state index contributed by atoms with van der Waals surface area (Å²) in [6, 6.07) is 15.8. The van der Waals surface area contributed by atoms with Gasteiger partial charge in [-0.3, -0.25) is 9.59 Å². The number of hydrogen-bond acceptors (Lipinski definition) is 4. The van der Waals surface area contributed by atoms with Crippen molar-refractivity contribution in [1.82, 2.24) is 9.63 Å². The van der Waals surface area contributed by atoms with Gasteiger partial charge in [0.25, 0.3) is 11.5 Å². The molecule has 32 heavy (non-hydrogen) atoms. The van der Waals surface area contributed by atoms with E-state index in [9.17, 15) is 19.1 Å². The Hall–Kier alpha value is -3.61.